The van der Waals surface area contributed by atoms with E-state index in [-0.39, 0.29) is 12.1 Å². The second-order valence-electron chi connectivity index (χ2n) is 5.13. The fourth-order valence-corrected chi connectivity index (χ4v) is 2.03. The average molecular weight is 277 g/mol. The molecule has 2 aromatic heterocycles. The van der Waals surface area contributed by atoms with Gasteiger partial charge < -0.3 is 9.47 Å². The van der Waals surface area contributed by atoms with Gasteiger partial charge in [-0.05, 0) is 24.5 Å². The van der Waals surface area contributed by atoms with Gasteiger partial charge in [0.1, 0.15) is 12.4 Å². The Labute approximate surface area is 117 Å². The fraction of sp³-hybridized carbons (Fsp3) is 0.500. The minimum Gasteiger partial charge on any atom is -0.456 e. The quantitative estimate of drug-likeness (QED) is 0.755. The maximum atomic E-state index is 12.1. The number of pyridine rings is 1. The van der Waals surface area contributed by atoms with Crippen LogP contribution in [0.15, 0.2) is 24.7 Å². The van der Waals surface area contributed by atoms with E-state index in [1.807, 2.05) is 0 Å². The highest BCUT2D eigenvalue weighted by molar-refractivity contribution is 5.89. The van der Waals surface area contributed by atoms with Crippen LogP contribution in [0.25, 0.3) is 5.65 Å². The highest BCUT2D eigenvalue weighted by Crippen LogP contribution is 2.12. The number of methoxy groups -OCH3 is 1. The maximum absolute atomic E-state index is 12.1. The number of ether oxygens (including phenoxy) is 2. The van der Waals surface area contributed by atoms with Gasteiger partial charge in [-0.15, -0.1) is 10.2 Å². The SMILES string of the molecule is COC[C@@H](CC(C)C)OC(=O)c1ccc2nncn2c1. The number of aromatic nitrogens is 3. The van der Waals surface area contributed by atoms with Gasteiger partial charge >= 0.3 is 5.97 Å². The Bertz CT molecular complexity index is 580. The molecule has 0 saturated heterocycles. The third-order valence-electron chi connectivity index (χ3n) is 2.89. The third kappa shape index (κ3) is 3.54. The lowest BCUT2D eigenvalue weighted by Crippen LogP contribution is -2.25. The molecule has 2 rings (SSSR count). The lowest BCUT2D eigenvalue weighted by Gasteiger charge is -2.18. The molecule has 6 heteroatoms. The van der Waals surface area contributed by atoms with Crippen molar-refractivity contribution in [3.63, 3.8) is 0 Å². The number of carbonyl (C=O) groups excluding carboxylic acids is 1. The second kappa shape index (κ2) is 6.47. The first-order valence-corrected chi connectivity index (χ1v) is 6.59. The molecule has 20 heavy (non-hydrogen) atoms. The molecule has 0 aliphatic carbocycles. The number of carbonyl (C=O) groups is 1. The van der Waals surface area contributed by atoms with Crippen LogP contribution in [0.3, 0.4) is 0 Å². The van der Waals surface area contributed by atoms with E-state index in [9.17, 15) is 4.79 Å². The fourth-order valence-electron chi connectivity index (χ4n) is 2.03. The Morgan fingerprint density at radius 3 is 2.90 bits per heavy atom. The van der Waals surface area contributed by atoms with Crippen molar-refractivity contribution in [2.75, 3.05) is 13.7 Å². The number of fused-ring (bicyclic) bond motifs is 1. The van der Waals surface area contributed by atoms with Gasteiger partial charge in [0.05, 0.1) is 12.2 Å². The molecule has 0 bridgehead atoms. The minimum atomic E-state index is -0.358. The maximum Gasteiger partial charge on any atom is 0.339 e. The van der Waals surface area contributed by atoms with Crippen molar-refractivity contribution in [2.45, 2.75) is 26.4 Å². The van der Waals surface area contributed by atoms with Gasteiger partial charge in [0.25, 0.3) is 0 Å². The van der Waals surface area contributed by atoms with Gasteiger partial charge in [0, 0.05) is 13.3 Å². The minimum absolute atomic E-state index is 0.232. The van der Waals surface area contributed by atoms with Gasteiger partial charge in [-0.1, -0.05) is 13.8 Å². The molecule has 0 spiro atoms. The first-order chi connectivity index (χ1) is 9.60. The van der Waals surface area contributed by atoms with Gasteiger partial charge in [-0.25, -0.2) is 4.79 Å². The number of hydrogen-bond donors (Lipinski definition) is 0. The van der Waals surface area contributed by atoms with E-state index in [4.69, 9.17) is 9.47 Å². The summed E-state index contributed by atoms with van der Waals surface area (Å²) in [6, 6.07) is 3.42. The van der Waals surface area contributed by atoms with Crippen LogP contribution < -0.4 is 0 Å². The van der Waals surface area contributed by atoms with Crippen molar-refractivity contribution >= 4 is 11.6 Å². The molecule has 0 aliphatic heterocycles. The summed E-state index contributed by atoms with van der Waals surface area (Å²) >= 11 is 0. The summed E-state index contributed by atoms with van der Waals surface area (Å²) in [6.45, 7) is 4.57. The van der Waals surface area contributed by atoms with Gasteiger partial charge in [0.15, 0.2) is 5.65 Å². The molecule has 0 radical (unpaired) electrons. The van der Waals surface area contributed by atoms with Crippen LogP contribution in [0.1, 0.15) is 30.6 Å². The second-order valence-corrected chi connectivity index (χ2v) is 5.13. The molecule has 0 fully saturated rings. The summed E-state index contributed by atoms with van der Waals surface area (Å²) in [5.74, 6) is 0.0755. The van der Waals surface area contributed by atoms with E-state index in [1.165, 1.54) is 0 Å². The van der Waals surface area contributed by atoms with E-state index in [2.05, 4.69) is 24.0 Å². The Morgan fingerprint density at radius 1 is 1.40 bits per heavy atom. The van der Waals surface area contributed by atoms with Crippen LogP contribution in [0, 0.1) is 5.92 Å². The molecule has 0 aliphatic rings. The lowest BCUT2D eigenvalue weighted by molar-refractivity contribution is -0.000723. The van der Waals surface area contributed by atoms with Crippen LogP contribution in [0.4, 0.5) is 0 Å². The average Bonchev–Trinajstić information content (AvgIpc) is 2.85. The Balaban J connectivity index is 2.08. The highest BCUT2D eigenvalue weighted by atomic mass is 16.6. The monoisotopic (exact) mass is 277 g/mol. The third-order valence-corrected chi connectivity index (χ3v) is 2.89. The van der Waals surface area contributed by atoms with Crippen LogP contribution in [-0.2, 0) is 9.47 Å². The van der Waals surface area contributed by atoms with E-state index < -0.39 is 0 Å². The summed E-state index contributed by atoms with van der Waals surface area (Å²) in [5.41, 5.74) is 1.17. The molecule has 2 aromatic rings. The predicted octanol–water partition coefficient (Wildman–Crippen LogP) is 1.95. The number of hydrogen-bond acceptors (Lipinski definition) is 5. The number of nitrogens with zero attached hydrogens (tertiary/aromatic N) is 3. The highest BCUT2D eigenvalue weighted by Gasteiger charge is 2.17. The first kappa shape index (κ1) is 14.5. The molecule has 2 heterocycles. The van der Waals surface area contributed by atoms with Crippen molar-refractivity contribution in [3.8, 4) is 0 Å². The first-order valence-electron chi connectivity index (χ1n) is 6.59. The lowest BCUT2D eigenvalue weighted by atomic mass is 10.1. The van der Waals surface area contributed by atoms with Crippen molar-refractivity contribution < 1.29 is 14.3 Å². The summed E-state index contributed by atoms with van der Waals surface area (Å²) in [4.78, 5) is 12.1. The molecule has 6 nitrogen and oxygen atoms in total. The van der Waals surface area contributed by atoms with Crippen LogP contribution >= 0.6 is 0 Å². The van der Waals surface area contributed by atoms with Crippen LogP contribution in [0.5, 0.6) is 0 Å². The zero-order valence-corrected chi connectivity index (χ0v) is 11.9. The zero-order valence-electron chi connectivity index (χ0n) is 11.9. The summed E-state index contributed by atoms with van der Waals surface area (Å²) in [5, 5.41) is 7.66. The van der Waals surface area contributed by atoms with Gasteiger partial charge in [-0.3, -0.25) is 4.40 Å². The molecule has 0 N–H and O–H groups in total. The normalized spacial score (nSPS) is 12.8. The van der Waals surface area contributed by atoms with Gasteiger partial charge in [-0.2, -0.15) is 0 Å². The van der Waals surface area contributed by atoms with Crippen molar-refractivity contribution in [3.05, 3.63) is 30.2 Å². The Hall–Kier alpha value is -1.95. The van der Waals surface area contributed by atoms with E-state index >= 15 is 0 Å². The Morgan fingerprint density at radius 2 is 2.20 bits per heavy atom. The van der Waals surface area contributed by atoms with Crippen molar-refractivity contribution in [1.29, 1.82) is 0 Å². The zero-order chi connectivity index (χ0) is 14.5. The van der Waals surface area contributed by atoms with Crippen molar-refractivity contribution in [2.24, 2.45) is 5.92 Å². The standard InChI is InChI=1S/C14H19N3O3/c1-10(2)6-12(8-19-3)20-14(18)11-4-5-13-16-15-9-17(13)7-11/h4-5,7,9-10,12H,6,8H2,1-3H3/t12-/m1/s1. The summed E-state index contributed by atoms with van der Waals surface area (Å²) in [7, 11) is 1.60. The van der Waals surface area contributed by atoms with E-state index in [0.717, 1.165) is 6.42 Å². The number of esters is 1. The molecule has 0 aromatic carbocycles. The van der Waals surface area contributed by atoms with Crippen LogP contribution in [0.2, 0.25) is 0 Å². The number of rotatable bonds is 6. The molecule has 1 atom stereocenters. The largest absolute Gasteiger partial charge is 0.456 e. The van der Waals surface area contributed by atoms with Crippen LogP contribution in [-0.4, -0.2) is 40.4 Å². The summed E-state index contributed by atoms with van der Waals surface area (Å²) in [6.07, 6.45) is 3.75. The molecule has 0 amide bonds. The summed E-state index contributed by atoms with van der Waals surface area (Å²) < 4.78 is 12.3. The molecule has 0 saturated carbocycles. The molecule has 108 valence electrons. The molecule has 0 unspecified atom stereocenters. The smallest absolute Gasteiger partial charge is 0.339 e. The van der Waals surface area contributed by atoms with E-state index in [1.54, 1.807) is 36.2 Å². The Kier molecular flexibility index (Phi) is 4.68. The van der Waals surface area contributed by atoms with Gasteiger partial charge in [0.2, 0.25) is 0 Å². The molecular weight excluding hydrogens is 258 g/mol. The predicted molar refractivity (Wildman–Crippen MR) is 73.5 cm³/mol. The van der Waals surface area contributed by atoms with Crippen molar-refractivity contribution in [1.82, 2.24) is 14.6 Å². The van der Waals surface area contributed by atoms with E-state index in [0.29, 0.717) is 23.7 Å². The molecular formula is C14H19N3O3. The topological polar surface area (TPSA) is 65.7 Å².